The summed E-state index contributed by atoms with van der Waals surface area (Å²) in [5.41, 5.74) is 1.58. The van der Waals surface area contributed by atoms with Crippen molar-refractivity contribution in [1.29, 1.82) is 0 Å². The van der Waals surface area contributed by atoms with Crippen LogP contribution in [0.3, 0.4) is 0 Å². The topological polar surface area (TPSA) is 33.4 Å². The fourth-order valence-corrected chi connectivity index (χ4v) is 2.52. The average molecular weight is 276 g/mol. The smallest absolute Gasteiger partial charge is 0.124 e. The zero-order valence-electron chi connectivity index (χ0n) is 10.2. The van der Waals surface area contributed by atoms with Crippen molar-refractivity contribution in [3.05, 3.63) is 59.3 Å². The maximum absolute atomic E-state index is 13.2. The molecule has 0 fully saturated rings. The van der Waals surface area contributed by atoms with Gasteiger partial charge in [0.2, 0.25) is 0 Å². The monoisotopic (exact) mass is 276 g/mol. The van der Waals surface area contributed by atoms with Gasteiger partial charge in [-0.2, -0.15) is 0 Å². The summed E-state index contributed by atoms with van der Waals surface area (Å²) in [7, 11) is 0. The van der Waals surface area contributed by atoms with E-state index in [1.807, 2.05) is 12.1 Å². The van der Waals surface area contributed by atoms with Gasteiger partial charge < -0.3 is 9.52 Å². The van der Waals surface area contributed by atoms with Crippen molar-refractivity contribution >= 4 is 11.8 Å². The highest BCUT2D eigenvalue weighted by Crippen LogP contribution is 2.21. The van der Waals surface area contributed by atoms with E-state index < -0.39 is 0 Å². The highest BCUT2D eigenvalue weighted by atomic mass is 32.2. The van der Waals surface area contributed by atoms with Gasteiger partial charge in [0.05, 0.1) is 12.0 Å². The Bertz CT molecular complexity index is 582. The number of benzene rings is 1. The van der Waals surface area contributed by atoms with Crippen LogP contribution in [0.2, 0.25) is 0 Å². The number of hydrogen-bond acceptors (Lipinski definition) is 3. The van der Waals surface area contributed by atoms with Crippen LogP contribution in [0.5, 0.6) is 0 Å². The van der Waals surface area contributed by atoms with Crippen molar-refractivity contribution in [3.63, 3.8) is 0 Å². The fraction of sp³-hybridized carbons (Fsp3) is 0.200. The van der Waals surface area contributed by atoms with E-state index in [2.05, 4.69) is 11.8 Å². The van der Waals surface area contributed by atoms with Crippen molar-refractivity contribution in [2.45, 2.75) is 11.5 Å². The SMILES string of the molecule is OCC#Cc1cc(F)ccc1CSCc1ccco1. The van der Waals surface area contributed by atoms with Gasteiger partial charge in [-0.1, -0.05) is 17.9 Å². The van der Waals surface area contributed by atoms with Crippen molar-refractivity contribution in [3.8, 4) is 11.8 Å². The van der Waals surface area contributed by atoms with E-state index in [-0.39, 0.29) is 12.4 Å². The molecule has 0 saturated carbocycles. The van der Waals surface area contributed by atoms with Gasteiger partial charge in [-0.05, 0) is 29.8 Å². The first kappa shape index (κ1) is 13.7. The first-order valence-electron chi connectivity index (χ1n) is 5.78. The fourth-order valence-electron chi connectivity index (χ4n) is 1.58. The Morgan fingerprint density at radius 3 is 2.89 bits per heavy atom. The molecule has 1 N–H and O–H groups in total. The number of halogens is 1. The predicted octanol–water partition coefficient (Wildman–Crippen LogP) is 3.20. The summed E-state index contributed by atoms with van der Waals surface area (Å²) in [6.07, 6.45) is 1.64. The van der Waals surface area contributed by atoms with E-state index in [1.54, 1.807) is 24.1 Å². The summed E-state index contributed by atoms with van der Waals surface area (Å²) in [6, 6.07) is 8.32. The molecule has 0 spiro atoms. The van der Waals surface area contributed by atoms with Gasteiger partial charge in [0.25, 0.3) is 0 Å². The third kappa shape index (κ3) is 4.16. The van der Waals surface area contributed by atoms with Gasteiger partial charge in [-0.15, -0.1) is 11.8 Å². The van der Waals surface area contributed by atoms with E-state index in [1.165, 1.54) is 12.1 Å². The number of aliphatic hydroxyl groups is 1. The van der Waals surface area contributed by atoms with E-state index in [0.717, 1.165) is 22.8 Å². The quantitative estimate of drug-likeness (QED) is 0.871. The number of furan rings is 1. The molecule has 1 aromatic carbocycles. The molecule has 2 nitrogen and oxygen atoms in total. The molecule has 1 aromatic heterocycles. The van der Waals surface area contributed by atoms with Crippen LogP contribution in [-0.2, 0) is 11.5 Å². The number of hydrogen-bond donors (Lipinski definition) is 1. The molecule has 0 unspecified atom stereocenters. The van der Waals surface area contributed by atoms with Gasteiger partial charge in [-0.3, -0.25) is 0 Å². The Morgan fingerprint density at radius 1 is 1.26 bits per heavy atom. The van der Waals surface area contributed by atoms with Gasteiger partial charge in [0, 0.05) is 11.3 Å². The summed E-state index contributed by atoms with van der Waals surface area (Å²) in [5.74, 6) is 7.39. The largest absolute Gasteiger partial charge is 0.468 e. The van der Waals surface area contributed by atoms with Crippen LogP contribution in [0.4, 0.5) is 4.39 Å². The molecule has 2 aromatic rings. The van der Waals surface area contributed by atoms with E-state index >= 15 is 0 Å². The molecule has 1 heterocycles. The second-order valence-electron chi connectivity index (χ2n) is 3.83. The molecule has 98 valence electrons. The minimum Gasteiger partial charge on any atom is -0.468 e. The Hall–Kier alpha value is -1.70. The van der Waals surface area contributed by atoms with E-state index in [0.29, 0.717) is 5.56 Å². The summed E-state index contributed by atoms with van der Waals surface area (Å²) in [4.78, 5) is 0. The first-order valence-corrected chi connectivity index (χ1v) is 6.93. The molecule has 0 aliphatic rings. The second-order valence-corrected chi connectivity index (χ2v) is 4.82. The maximum Gasteiger partial charge on any atom is 0.124 e. The molecule has 0 aliphatic carbocycles. The summed E-state index contributed by atoms with van der Waals surface area (Å²) < 4.78 is 18.4. The standard InChI is InChI=1S/C15H13FO2S/c16-14-6-5-13(12(9-14)3-1-7-17)10-19-11-15-4-2-8-18-15/h2,4-6,8-9,17H,7,10-11H2. The molecule has 0 bridgehead atoms. The van der Waals surface area contributed by atoms with Crippen LogP contribution < -0.4 is 0 Å². The molecular weight excluding hydrogens is 263 g/mol. The minimum atomic E-state index is -0.318. The third-order valence-electron chi connectivity index (χ3n) is 2.46. The van der Waals surface area contributed by atoms with Crippen LogP contribution >= 0.6 is 11.8 Å². The maximum atomic E-state index is 13.2. The molecule has 19 heavy (non-hydrogen) atoms. The van der Waals surface area contributed by atoms with Crippen molar-refractivity contribution < 1.29 is 13.9 Å². The third-order valence-corrected chi connectivity index (χ3v) is 3.46. The lowest BCUT2D eigenvalue weighted by Gasteiger charge is -2.04. The second kappa shape index (κ2) is 7.03. The van der Waals surface area contributed by atoms with Crippen LogP contribution in [0.1, 0.15) is 16.9 Å². The van der Waals surface area contributed by atoms with Crippen molar-refractivity contribution in [1.82, 2.24) is 0 Å². The first-order chi connectivity index (χ1) is 9.29. The molecule has 0 amide bonds. The lowest BCUT2D eigenvalue weighted by molar-refractivity contribution is 0.350. The molecule has 0 aliphatic heterocycles. The van der Waals surface area contributed by atoms with Crippen LogP contribution in [0, 0.1) is 17.7 Å². The lowest BCUT2D eigenvalue weighted by Crippen LogP contribution is -1.90. The molecule has 0 atom stereocenters. The average Bonchev–Trinajstić information content (AvgIpc) is 2.91. The highest BCUT2D eigenvalue weighted by molar-refractivity contribution is 7.97. The Morgan fingerprint density at radius 2 is 2.16 bits per heavy atom. The summed E-state index contributed by atoms with van der Waals surface area (Å²) in [5, 5.41) is 8.70. The minimum absolute atomic E-state index is 0.227. The van der Waals surface area contributed by atoms with Gasteiger partial charge in [-0.25, -0.2) is 4.39 Å². The van der Waals surface area contributed by atoms with Crippen molar-refractivity contribution in [2.24, 2.45) is 0 Å². The number of aliphatic hydroxyl groups excluding tert-OH is 1. The lowest BCUT2D eigenvalue weighted by atomic mass is 10.1. The molecular formula is C15H13FO2S. The van der Waals surface area contributed by atoms with Gasteiger partial charge >= 0.3 is 0 Å². The Kier molecular flexibility index (Phi) is 5.08. The zero-order valence-corrected chi connectivity index (χ0v) is 11.0. The summed E-state index contributed by atoms with van der Waals surface area (Å²) >= 11 is 1.67. The van der Waals surface area contributed by atoms with E-state index in [4.69, 9.17) is 9.52 Å². The van der Waals surface area contributed by atoms with Crippen LogP contribution in [0.15, 0.2) is 41.0 Å². The molecule has 4 heteroatoms. The van der Waals surface area contributed by atoms with Crippen LogP contribution in [-0.4, -0.2) is 11.7 Å². The van der Waals surface area contributed by atoms with Crippen LogP contribution in [0.25, 0.3) is 0 Å². The highest BCUT2D eigenvalue weighted by Gasteiger charge is 2.03. The van der Waals surface area contributed by atoms with Crippen molar-refractivity contribution in [2.75, 3.05) is 6.61 Å². The predicted molar refractivity (Wildman–Crippen MR) is 74.1 cm³/mol. The van der Waals surface area contributed by atoms with E-state index in [9.17, 15) is 4.39 Å². The molecule has 0 radical (unpaired) electrons. The van der Waals surface area contributed by atoms with Gasteiger partial charge in [0.15, 0.2) is 0 Å². The number of thioether (sulfide) groups is 1. The summed E-state index contributed by atoms with van der Waals surface area (Å²) in [6.45, 7) is -0.227. The molecule has 0 saturated heterocycles. The normalized spacial score (nSPS) is 10.0. The zero-order chi connectivity index (χ0) is 13.5. The molecule has 2 rings (SSSR count). The number of rotatable bonds is 4. The Labute approximate surface area is 115 Å². The Balaban J connectivity index is 2.02. The van der Waals surface area contributed by atoms with Gasteiger partial charge in [0.1, 0.15) is 18.2 Å².